The topological polar surface area (TPSA) is 66.5 Å². The number of carbonyl (C=O) groups is 1. The maximum Gasteiger partial charge on any atom is 0.416 e. The molecule has 3 aromatic carbocycles. The number of benzene rings is 3. The van der Waals surface area contributed by atoms with E-state index in [0.717, 1.165) is 42.3 Å². The molecule has 0 saturated carbocycles. The Morgan fingerprint density at radius 2 is 1.69 bits per heavy atom. The Balaban J connectivity index is 1.61. The van der Waals surface area contributed by atoms with Crippen LogP contribution < -0.4 is 9.62 Å². The number of aryl methyl sites for hydroxylation is 1. The second kappa shape index (κ2) is 8.31. The number of para-hydroxylation sites is 1. The van der Waals surface area contributed by atoms with Crippen LogP contribution in [0.5, 0.6) is 0 Å². The number of hydrogen-bond acceptors (Lipinski definition) is 3. The lowest BCUT2D eigenvalue weighted by Crippen LogP contribution is -2.35. The van der Waals surface area contributed by atoms with E-state index < -0.39 is 21.8 Å². The molecule has 5 nitrogen and oxygen atoms in total. The van der Waals surface area contributed by atoms with E-state index in [1.54, 1.807) is 4.90 Å². The minimum Gasteiger partial charge on any atom is -0.308 e. The second-order valence-electron chi connectivity index (χ2n) is 7.40. The van der Waals surface area contributed by atoms with Crippen molar-refractivity contribution >= 4 is 27.3 Å². The highest BCUT2D eigenvalue weighted by Gasteiger charge is 2.31. The standard InChI is InChI=1S/C23H19F3N2O3S/c24-23(25,26)18-9-4-10-19(15-18)27-32(30,31)20-11-3-7-17(14-20)22(29)28-13-5-8-16-6-1-2-12-21(16)28/h1-4,6-7,9-12,14-15,27H,5,8,13H2. The van der Waals surface area contributed by atoms with E-state index >= 15 is 0 Å². The number of rotatable bonds is 4. The first-order valence-corrected chi connectivity index (χ1v) is 11.3. The summed E-state index contributed by atoms with van der Waals surface area (Å²) in [6.07, 6.45) is -2.95. The van der Waals surface area contributed by atoms with Gasteiger partial charge in [0.1, 0.15) is 0 Å². The van der Waals surface area contributed by atoms with Gasteiger partial charge in [-0.2, -0.15) is 13.2 Å². The maximum atomic E-state index is 13.1. The molecule has 0 atom stereocenters. The van der Waals surface area contributed by atoms with Crippen molar-refractivity contribution in [3.05, 3.63) is 89.5 Å². The van der Waals surface area contributed by atoms with Crippen LogP contribution in [0.4, 0.5) is 24.5 Å². The molecule has 4 rings (SSSR count). The van der Waals surface area contributed by atoms with Crippen LogP contribution in [0.2, 0.25) is 0 Å². The van der Waals surface area contributed by atoms with E-state index in [-0.39, 0.29) is 22.1 Å². The summed E-state index contributed by atoms with van der Waals surface area (Å²) in [6.45, 7) is 0.509. The zero-order valence-corrected chi connectivity index (χ0v) is 17.6. The molecular weight excluding hydrogens is 441 g/mol. The number of anilines is 2. The van der Waals surface area contributed by atoms with Crippen molar-refractivity contribution in [1.82, 2.24) is 0 Å². The minimum atomic E-state index is -4.60. The Kier molecular flexibility index (Phi) is 5.68. The highest BCUT2D eigenvalue weighted by Crippen LogP contribution is 2.32. The van der Waals surface area contributed by atoms with Crippen LogP contribution in [0.15, 0.2) is 77.7 Å². The molecule has 166 valence electrons. The molecular formula is C23H19F3N2O3S. The molecule has 0 aromatic heterocycles. The third-order valence-electron chi connectivity index (χ3n) is 5.19. The predicted molar refractivity (Wildman–Crippen MR) is 115 cm³/mol. The molecule has 3 aromatic rings. The molecule has 32 heavy (non-hydrogen) atoms. The summed E-state index contributed by atoms with van der Waals surface area (Å²) in [7, 11) is -4.21. The monoisotopic (exact) mass is 460 g/mol. The molecule has 0 radical (unpaired) electrons. The van der Waals surface area contributed by atoms with Crippen molar-refractivity contribution in [2.45, 2.75) is 23.9 Å². The molecule has 1 N–H and O–H groups in total. The summed E-state index contributed by atoms with van der Waals surface area (Å²) in [5.74, 6) is -0.340. The van der Waals surface area contributed by atoms with Crippen molar-refractivity contribution in [3.8, 4) is 0 Å². The van der Waals surface area contributed by atoms with Crippen molar-refractivity contribution in [2.75, 3.05) is 16.2 Å². The molecule has 1 aliphatic rings. The number of nitrogens with one attached hydrogen (secondary N) is 1. The van der Waals surface area contributed by atoms with Gasteiger partial charge in [0.15, 0.2) is 0 Å². The average molecular weight is 460 g/mol. The van der Waals surface area contributed by atoms with E-state index in [9.17, 15) is 26.4 Å². The molecule has 9 heteroatoms. The zero-order valence-electron chi connectivity index (χ0n) is 16.8. The Morgan fingerprint density at radius 3 is 2.47 bits per heavy atom. The smallest absolute Gasteiger partial charge is 0.308 e. The SMILES string of the molecule is O=C(c1cccc(S(=O)(=O)Nc2cccc(C(F)(F)F)c2)c1)N1CCCc2ccccc21. The number of sulfonamides is 1. The summed E-state index contributed by atoms with van der Waals surface area (Å²) in [5, 5.41) is 0. The van der Waals surface area contributed by atoms with Gasteiger partial charge in [-0.05, 0) is 60.9 Å². The average Bonchev–Trinajstić information content (AvgIpc) is 2.77. The molecule has 0 bridgehead atoms. The van der Waals surface area contributed by atoms with E-state index in [2.05, 4.69) is 4.72 Å². The van der Waals surface area contributed by atoms with Crippen molar-refractivity contribution in [2.24, 2.45) is 0 Å². The summed E-state index contributed by atoms with van der Waals surface area (Å²) in [5.41, 5.74) is 0.821. The molecule has 0 unspecified atom stereocenters. The number of fused-ring (bicyclic) bond motifs is 1. The van der Waals surface area contributed by atoms with E-state index in [0.29, 0.717) is 6.54 Å². The lowest BCUT2D eigenvalue weighted by atomic mass is 10.0. The number of hydrogen-bond donors (Lipinski definition) is 1. The molecule has 1 amide bonds. The molecule has 0 saturated heterocycles. The fourth-order valence-electron chi connectivity index (χ4n) is 3.67. The fraction of sp³-hybridized carbons (Fsp3) is 0.174. The summed E-state index contributed by atoms with van der Waals surface area (Å²) in [6, 6.07) is 16.9. The molecule has 0 fully saturated rings. The first-order valence-electron chi connectivity index (χ1n) is 9.85. The summed E-state index contributed by atoms with van der Waals surface area (Å²) in [4.78, 5) is 14.5. The lowest BCUT2D eigenvalue weighted by molar-refractivity contribution is -0.137. The van der Waals surface area contributed by atoms with Gasteiger partial charge < -0.3 is 4.90 Å². The van der Waals surface area contributed by atoms with Gasteiger partial charge in [-0.15, -0.1) is 0 Å². The van der Waals surface area contributed by atoms with E-state index in [1.807, 2.05) is 24.3 Å². The quantitative estimate of drug-likeness (QED) is 0.589. The third-order valence-corrected chi connectivity index (χ3v) is 6.57. The molecule has 1 aliphatic heterocycles. The Morgan fingerprint density at radius 1 is 0.938 bits per heavy atom. The van der Waals surface area contributed by atoms with E-state index in [1.165, 1.54) is 30.3 Å². The van der Waals surface area contributed by atoms with Gasteiger partial charge in [-0.25, -0.2) is 8.42 Å². The summed E-state index contributed by atoms with van der Waals surface area (Å²) < 4.78 is 66.5. The third kappa shape index (κ3) is 4.47. The van der Waals surface area contributed by atoms with Crippen molar-refractivity contribution < 1.29 is 26.4 Å². The highest BCUT2D eigenvalue weighted by atomic mass is 32.2. The van der Waals surface area contributed by atoms with E-state index in [4.69, 9.17) is 0 Å². The largest absolute Gasteiger partial charge is 0.416 e. The normalized spacial score (nSPS) is 14.0. The first kappa shape index (κ1) is 21.9. The molecule has 0 spiro atoms. The first-order chi connectivity index (χ1) is 15.1. The Labute approximate surface area is 183 Å². The van der Waals surface area contributed by atoms with Gasteiger partial charge in [0.05, 0.1) is 10.5 Å². The number of carbonyl (C=O) groups excluding carboxylic acids is 1. The lowest BCUT2D eigenvalue weighted by Gasteiger charge is -2.29. The van der Waals surface area contributed by atoms with Crippen LogP contribution in [0.25, 0.3) is 0 Å². The fourth-order valence-corrected chi connectivity index (χ4v) is 4.76. The maximum absolute atomic E-state index is 13.1. The number of nitrogens with zero attached hydrogens (tertiary/aromatic N) is 1. The Hall–Kier alpha value is -3.33. The Bertz CT molecular complexity index is 1270. The highest BCUT2D eigenvalue weighted by molar-refractivity contribution is 7.92. The number of amides is 1. The van der Waals surface area contributed by atoms with Gasteiger partial charge in [0, 0.05) is 23.5 Å². The van der Waals surface area contributed by atoms with Gasteiger partial charge in [0.2, 0.25) is 0 Å². The zero-order chi connectivity index (χ0) is 22.9. The van der Waals surface area contributed by atoms with Crippen molar-refractivity contribution in [1.29, 1.82) is 0 Å². The van der Waals surface area contributed by atoms with Crippen LogP contribution in [-0.4, -0.2) is 20.9 Å². The molecule has 1 heterocycles. The van der Waals surface area contributed by atoms with Crippen molar-refractivity contribution in [3.63, 3.8) is 0 Å². The number of alkyl halides is 3. The van der Waals surface area contributed by atoms with Gasteiger partial charge >= 0.3 is 6.18 Å². The number of halogens is 3. The van der Waals surface area contributed by atoms with Gasteiger partial charge in [-0.3, -0.25) is 9.52 Å². The van der Waals surface area contributed by atoms with Crippen LogP contribution >= 0.6 is 0 Å². The predicted octanol–water partition coefficient (Wildman–Crippen LogP) is 5.10. The van der Waals surface area contributed by atoms with Gasteiger partial charge in [-0.1, -0.05) is 30.3 Å². The van der Waals surface area contributed by atoms with Crippen LogP contribution in [0, 0.1) is 0 Å². The van der Waals surface area contributed by atoms with Crippen LogP contribution in [-0.2, 0) is 22.6 Å². The molecule has 0 aliphatic carbocycles. The second-order valence-corrected chi connectivity index (χ2v) is 9.08. The van der Waals surface area contributed by atoms with Crippen LogP contribution in [0.3, 0.4) is 0 Å². The van der Waals surface area contributed by atoms with Crippen LogP contribution in [0.1, 0.15) is 27.9 Å². The van der Waals surface area contributed by atoms with Gasteiger partial charge in [0.25, 0.3) is 15.9 Å². The summed E-state index contributed by atoms with van der Waals surface area (Å²) >= 11 is 0. The minimum absolute atomic E-state index is 0.175.